The van der Waals surface area contributed by atoms with Gasteiger partial charge >= 0.3 is 0 Å². The first kappa shape index (κ1) is 15.1. The first-order valence-electron chi connectivity index (χ1n) is 6.01. The Morgan fingerprint density at radius 2 is 2.05 bits per heavy atom. The quantitative estimate of drug-likeness (QED) is 0.852. The van der Waals surface area contributed by atoms with E-state index in [0.717, 1.165) is 10.2 Å². The molecule has 0 saturated carbocycles. The van der Waals surface area contributed by atoms with E-state index < -0.39 is 0 Å². The summed E-state index contributed by atoms with van der Waals surface area (Å²) in [5.74, 6) is 0.0231. The van der Waals surface area contributed by atoms with E-state index in [-0.39, 0.29) is 11.3 Å². The van der Waals surface area contributed by atoms with Gasteiger partial charge < -0.3 is 4.52 Å². The fourth-order valence-corrected chi connectivity index (χ4v) is 1.94. The van der Waals surface area contributed by atoms with E-state index in [9.17, 15) is 4.79 Å². The SMILES string of the molecule is CC(C)(C)c1cc(NC(=O)c2ccc(Br)c(Cl)c2)on1. The molecule has 1 aromatic carbocycles. The summed E-state index contributed by atoms with van der Waals surface area (Å²) in [5.41, 5.74) is 1.10. The van der Waals surface area contributed by atoms with Gasteiger partial charge in [-0.25, -0.2) is 0 Å². The summed E-state index contributed by atoms with van der Waals surface area (Å²) in [6.45, 7) is 6.06. The summed E-state index contributed by atoms with van der Waals surface area (Å²) in [5, 5.41) is 7.08. The van der Waals surface area contributed by atoms with Crippen molar-refractivity contribution in [2.75, 3.05) is 5.32 Å². The van der Waals surface area contributed by atoms with Crippen molar-refractivity contribution in [3.05, 3.63) is 45.0 Å². The second-order valence-corrected chi connectivity index (χ2v) is 6.67. The van der Waals surface area contributed by atoms with Gasteiger partial charge in [-0.3, -0.25) is 10.1 Å². The molecule has 1 aromatic heterocycles. The average molecular weight is 358 g/mol. The molecule has 0 aliphatic carbocycles. The number of aromatic nitrogens is 1. The van der Waals surface area contributed by atoms with E-state index in [1.807, 2.05) is 20.8 Å². The topological polar surface area (TPSA) is 55.1 Å². The van der Waals surface area contributed by atoms with Gasteiger partial charge in [0.1, 0.15) is 0 Å². The monoisotopic (exact) mass is 356 g/mol. The van der Waals surface area contributed by atoms with Crippen molar-refractivity contribution in [3.8, 4) is 0 Å². The Morgan fingerprint density at radius 1 is 1.35 bits per heavy atom. The number of nitrogens with zero attached hydrogens (tertiary/aromatic N) is 1. The molecule has 2 aromatic rings. The van der Waals surface area contributed by atoms with E-state index in [4.69, 9.17) is 16.1 Å². The summed E-state index contributed by atoms with van der Waals surface area (Å²) in [4.78, 5) is 12.1. The van der Waals surface area contributed by atoms with Crippen molar-refractivity contribution >= 4 is 39.3 Å². The molecule has 0 unspecified atom stereocenters. The predicted molar refractivity (Wildman–Crippen MR) is 82.3 cm³/mol. The normalized spacial score (nSPS) is 11.4. The van der Waals surface area contributed by atoms with Gasteiger partial charge in [0.05, 0.1) is 10.7 Å². The maximum Gasteiger partial charge on any atom is 0.258 e. The lowest BCUT2D eigenvalue weighted by molar-refractivity contribution is 0.102. The Bertz CT molecular complexity index is 647. The van der Waals surface area contributed by atoms with Crippen molar-refractivity contribution in [2.24, 2.45) is 0 Å². The molecule has 106 valence electrons. The van der Waals surface area contributed by atoms with Gasteiger partial charge in [0, 0.05) is 21.5 Å². The largest absolute Gasteiger partial charge is 0.338 e. The highest BCUT2D eigenvalue weighted by Crippen LogP contribution is 2.25. The molecule has 1 amide bonds. The van der Waals surface area contributed by atoms with Crippen molar-refractivity contribution < 1.29 is 9.32 Å². The molecule has 1 N–H and O–H groups in total. The van der Waals surface area contributed by atoms with Crippen LogP contribution >= 0.6 is 27.5 Å². The van der Waals surface area contributed by atoms with Crippen LogP contribution in [0.2, 0.25) is 5.02 Å². The van der Waals surface area contributed by atoms with Gasteiger partial charge in [0.15, 0.2) is 0 Å². The zero-order chi connectivity index (χ0) is 14.9. The molecule has 0 aliphatic heterocycles. The Morgan fingerprint density at radius 3 is 2.60 bits per heavy atom. The number of rotatable bonds is 2. The van der Waals surface area contributed by atoms with Crippen molar-refractivity contribution in [1.82, 2.24) is 5.16 Å². The molecule has 2 rings (SSSR count). The van der Waals surface area contributed by atoms with E-state index in [0.29, 0.717) is 16.5 Å². The van der Waals surface area contributed by atoms with E-state index in [2.05, 4.69) is 26.4 Å². The van der Waals surface area contributed by atoms with Crippen LogP contribution in [0.15, 0.2) is 33.3 Å². The molecular weight excluding hydrogens is 344 g/mol. The number of carbonyl (C=O) groups excluding carboxylic acids is 1. The number of halogens is 2. The minimum absolute atomic E-state index is 0.132. The zero-order valence-electron chi connectivity index (χ0n) is 11.3. The van der Waals surface area contributed by atoms with Crippen LogP contribution in [0.5, 0.6) is 0 Å². The van der Waals surface area contributed by atoms with Gasteiger partial charge in [0.25, 0.3) is 5.91 Å². The summed E-state index contributed by atoms with van der Waals surface area (Å²) in [7, 11) is 0. The number of hydrogen-bond donors (Lipinski definition) is 1. The van der Waals surface area contributed by atoms with Crippen LogP contribution in [0.1, 0.15) is 36.8 Å². The Labute approximate surface area is 130 Å². The van der Waals surface area contributed by atoms with Gasteiger partial charge in [-0.05, 0) is 34.1 Å². The zero-order valence-corrected chi connectivity index (χ0v) is 13.7. The number of carbonyl (C=O) groups is 1. The Balaban J connectivity index is 2.15. The third-order valence-electron chi connectivity index (χ3n) is 2.70. The van der Waals surface area contributed by atoms with Gasteiger partial charge in [-0.15, -0.1) is 0 Å². The molecule has 20 heavy (non-hydrogen) atoms. The maximum absolute atomic E-state index is 12.1. The van der Waals surface area contributed by atoms with Crippen molar-refractivity contribution in [2.45, 2.75) is 26.2 Å². The van der Waals surface area contributed by atoms with Crippen LogP contribution in [-0.2, 0) is 5.41 Å². The lowest BCUT2D eigenvalue weighted by Crippen LogP contribution is -2.12. The van der Waals surface area contributed by atoms with E-state index in [1.165, 1.54) is 0 Å². The van der Waals surface area contributed by atoms with E-state index in [1.54, 1.807) is 24.3 Å². The smallest absolute Gasteiger partial charge is 0.258 e. The number of nitrogens with one attached hydrogen (secondary N) is 1. The van der Waals surface area contributed by atoms with Crippen LogP contribution in [0.4, 0.5) is 5.88 Å². The molecule has 0 fully saturated rings. The second-order valence-electron chi connectivity index (χ2n) is 5.41. The minimum Gasteiger partial charge on any atom is -0.338 e. The fraction of sp³-hybridized carbons (Fsp3) is 0.286. The lowest BCUT2D eigenvalue weighted by atomic mass is 9.92. The van der Waals surface area contributed by atoms with Crippen LogP contribution in [0.3, 0.4) is 0 Å². The Kier molecular flexibility index (Phi) is 4.20. The molecule has 0 spiro atoms. The van der Waals surface area contributed by atoms with Gasteiger partial charge in [-0.1, -0.05) is 37.5 Å². The summed E-state index contributed by atoms with van der Waals surface area (Å²) in [6, 6.07) is 6.70. The predicted octanol–water partition coefficient (Wildman–Crippen LogP) is 4.64. The average Bonchev–Trinajstić information content (AvgIpc) is 2.81. The third kappa shape index (κ3) is 3.41. The van der Waals surface area contributed by atoms with Crippen LogP contribution in [0, 0.1) is 0 Å². The third-order valence-corrected chi connectivity index (χ3v) is 3.93. The van der Waals surface area contributed by atoms with Crippen molar-refractivity contribution in [3.63, 3.8) is 0 Å². The summed E-state index contributed by atoms with van der Waals surface area (Å²) in [6.07, 6.45) is 0. The number of benzene rings is 1. The molecule has 0 bridgehead atoms. The highest BCUT2D eigenvalue weighted by atomic mass is 79.9. The summed E-state index contributed by atoms with van der Waals surface area (Å²) >= 11 is 9.24. The highest BCUT2D eigenvalue weighted by molar-refractivity contribution is 9.10. The number of hydrogen-bond acceptors (Lipinski definition) is 3. The van der Waals surface area contributed by atoms with Gasteiger partial charge in [-0.2, -0.15) is 0 Å². The molecule has 0 atom stereocenters. The summed E-state index contributed by atoms with van der Waals surface area (Å²) < 4.78 is 5.85. The van der Waals surface area contributed by atoms with Crippen LogP contribution in [-0.4, -0.2) is 11.1 Å². The molecule has 1 heterocycles. The minimum atomic E-state index is -0.295. The second kappa shape index (κ2) is 5.58. The fourth-order valence-electron chi connectivity index (χ4n) is 1.51. The molecule has 0 radical (unpaired) electrons. The Hall–Kier alpha value is -1.33. The first-order chi connectivity index (χ1) is 9.27. The lowest BCUT2D eigenvalue weighted by Gasteiger charge is -2.12. The highest BCUT2D eigenvalue weighted by Gasteiger charge is 2.20. The molecule has 0 aliphatic rings. The first-order valence-corrected chi connectivity index (χ1v) is 7.18. The number of amides is 1. The van der Waals surface area contributed by atoms with Crippen LogP contribution in [0.25, 0.3) is 0 Å². The van der Waals surface area contributed by atoms with E-state index >= 15 is 0 Å². The number of anilines is 1. The standard InChI is InChI=1S/C14H14BrClN2O2/c1-14(2,3)11-7-12(20-18-11)17-13(19)8-4-5-9(15)10(16)6-8/h4-7H,1-3H3,(H,17,19). The molecule has 0 saturated heterocycles. The molecular formula is C14H14BrClN2O2. The van der Waals surface area contributed by atoms with Gasteiger partial charge in [0.2, 0.25) is 5.88 Å². The van der Waals surface area contributed by atoms with Crippen LogP contribution < -0.4 is 5.32 Å². The van der Waals surface area contributed by atoms with Crippen molar-refractivity contribution in [1.29, 1.82) is 0 Å². The molecule has 4 nitrogen and oxygen atoms in total. The molecule has 6 heteroatoms. The maximum atomic E-state index is 12.1.